The van der Waals surface area contributed by atoms with Gasteiger partial charge in [0.15, 0.2) is 5.11 Å². The lowest BCUT2D eigenvalue weighted by Gasteiger charge is -2.30. The summed E-state index contributed by atoms with van der Waals surface area (Å²) in [5, 5.41) is 12.2. The van der Waals surface area contributed by atoms with Crippen molar-refractivity contribution in [2.24, 2.45) is 0 Å². The van der Waals surface area contributed by atoms with Crippen molar-refractivity contribution in [2.75, 3.05) is 4.90 Å². The normalized spacial score (nSPS) is 15.6. The second-order valence-electron chi connectivity index (χ2n) is 7.07. The molecule has 1 aliphatic rings. The van der Waals surface area contributed by atoms with Crippen LogP contribution in [0, 0.1) is 13.8 Å². The van der Waals surface area contributed by atoms with Gasteiger partial charge in [0.2, 0.25) is 0 Å². The zero-order valence-electron chi connectivity index (χ0n) is 16.4. The van der Waals surface area contributed by atoms with Gasteiger partial charge in [0.25, 0.3) is 11.8 Å². The van der Waals surface area contributed by atoms with Crippen LogP contribution in [-0.4, -0.2) is 26.6 Å². The third-order valence-corrected chi connectivity index (χ3v) is 5.19. The summed E-state index contributed by atoms with van der Waals surface area (Å²) in [5.41, 5.74) is 3.92. The van der Waals surface area contributed by atoms with Crippen LogP contribution >= 0.6 is 12.2 Å². The number of nitrogens with one attached hydrogen (secondary N) is 1. The summed E-state index contributed by atoms with van der Waals surface area (Å²) in [6.07, 6.45) is 3.36. The fourth-order valence-corrected chi connectivity index (χ4v) is 3.62. The Morgan fingerprint density at radius 2 is 1.77 bits per heavy atom. The monoisotopic (exact) mass is 417 g/mol. The number of carbonyl (C=O) groups is 2. The second-order valence-corrected chi connectivity index (χ2v) is 7.45. The number of thiocarbonyl (C=S) groups is 1. The number of hydrogen-bond acceptors (Lipinski definition) is 4. The van der Waals surface area contributed by atoms with E-state index < -0.39 is 11.8 Å². The molecule has 2 N–H and O–H groups in total. The van der Waals surface area contributed by atoms with Gasteiger partial charge in [0, 0.05) is 17.6 Å². The average molecular weight is 417 g/mol. The van der Waals surface area contributed by atoms with E-state index in [-0.39, 0.29) is 16.4 Å². The van der Waals surface area contributed by atoms with Crippen LogP contribution in [0.1, 0.15) is 16.8 Å². The van der Waals surface area contributed by atoms with E-state index in [2.05, 4.69) is 5.32 Å². The minimum Gasteiger partial charge on any atom is -0.508 e. The zero-order valence-corrected chi connectivity index (χ0v) is 17.2. The van der Waals surface area contributed by atoms with Crippen molar-refractivity contribution in [2.45, 2.75) is 13.8 Å². The van der Waals surface area contributed by atoms with Gasteiger partial charge in [0.05, 0.1) is 5.69 Å². The molecule has 0 atom stereocenters. The minimum atomic E-state index is -0.537. The molecule has 2 aromatic carbocycles. The van der Waals surface area contributed by atoms with Gasteiger partial charge in [-0.05, 0) is 85.7 Å². The van der Waals surface area contributed by atoms with E-state index in [9.17, 15) is 14.7 Å². The Kier molecular flexibility index (Phi) is 4.97. The topological polar surface area (TPSA) is 74.6 Å². The quantitative estimate of drug-likeness (QED) is 0.388. The summed E-state index contributed by atoms with van der Waals surface area (Å²) < 4.78 is 1.82. The van der Waals surface area contributed by atoms with Gasteiger partial charge >= 0.3 is 0 Å². The Balaban J connectivity index is 1.77. The smallest absolute Gasteiger partial charge is 0.270 e. The number of anilines is 1. The predicted octanol–water partition coefficient (Wildman–Crippen LogP) is 3.63. The Morgan fingerprint density at radius 1 is 1.03 bits per heavy atom. The first-order valence-electron chi connectivity index (χ1n) is 9.30. The lowest BCUT2D eigenvalue weighted by Crippen LogP contribution is -2.54. The van der Waals surface area contributed by atoms with Crippen LogP contribution in [0.5, 0.6) is 5.75 Å². The number of hydrogen-bond donors (Lipinski definition) is 2. The van der Waals surface area contributed by atoms with Crippen LogP contribution in [0.25, 0.3) is 11.8 Å². The average Bonchev–Trinajstić information content (AvgIpc) is 3.16. The van der Waals surface area contributed by atoms with Gasteiger partial charge in [-0.3, -0.25) is 19.8 Å². The maximum absolute atomic E-state index is 13.3. The number of carbonyl (C=O) groups excluding carboxylic acids is 2. The fourth-order valence-electron chi connectivity index (χ4n) is 3.34. The Bertz CT molecular complexity index is 1210. The van der Waals surface area contributed by atoms with Gasteiger partial charge in [-0.25, -0.2) is 0 Å². The molecule has 0 bridgehead atoms. The summed E-state index contributed by atoms with van der Waals surface area (Å²) in [6.45, 7) is 3.82. The Labute approximate surface area is 179 Å². The molecular weight excluding hydrogens is 398 g/mol. The molecule has 30 heavy (non-hydrogen) atoms. The molecule has 2 amide bonds. The van der Waals surface area contributed by atoms with Crippen molar-refractivity contribution < 1.29 is 14.7 Å². The lowest BCUT2D eigenvalue weighted by atomic mass is 10.1. The molecule has 0 saturated carbocycles. The van der Waals surface area contributed by atoms with Gasteiger partial charge in [-0.15, -0.1) is 0 Å². The highest BCUT2D eigenvalue weighted by Crippen LogP contribution is 2.27. The number of rotatable bonds is 3. The first kappa shape index (κ1) is 19.6. The molecule has 1 saturated heterocycles. The largest absolute Gasteiger partial charge is 0.508 e. The van der Waals surface area contributed by atoms with Gasteiger partial charge in [-0.1, -0.05) is 12.1 Å². The molecule has 6 nitrogen and oxygen atoms in total. The SMILES string of the molecule is Cc1ccc(C)c(N2C(=O)/C(=C/c3cccn3-c3ccc(O)cc3)C(=O)NC2=S)c1. The molecule has 1 aliphatic heterocycles. The third kappa shape index (κ3) is 3.51. The number of amides is 2. The number of phenols is 1. The summed E-state index contributed by atoms with van der Waals surface area (Å²) in [6, 6.07) is 16.0. The van der Waals surface area contributed by atoms with Crippen molar-refractivity contribution >= 4 is 40.9 Å². The highest BCUT2D eigenvalue weighted by atomic mass is 32.1. The van der Waals surface area contributed by atoms with Crippen LogP contribution in [0.4, 0.5) is 5.69 Å². The highest BCUT2D eigenvalue weighted by molar-refractivity contribution is 7.80. The van der Waals surface area contributed by atoms with Crippen LogP contribution in [0.2, 0.25) is 0 Å². The van der Waals surface area contributed by atoms with Crippen LogP contribution in [0.15, 0.2) is 66.4 Å². The van der Waals surface area contributed by atoms with E-state index in [1.165, 1.54) is 4.90 Å². The first-order chi connectivity index (χ1) is 14.3. The number of benzene rings is 2. The predicted molar refractivity (Wildman–Crippen MR) is 120 cm³/mol. The summed E-state index contributed by atoms with van der Waals surface area (Å²) in [5.74, 6) is -0.855. The summed E-state index contributed by atoms with van der Waals surface area (Å²) in [4.78, 5) is 27.3. The highest BCUT2D eigenvalue weighted by Gasteiger charge is 2.35. The summed E-state index contributed by atoms with van der Waals surface area (Å²) in [7, 11) is 0. The second kappa shape index (κ2) is 7.61. The lowest BCUT2D eigenvalue weighted by molar-refractivity contribution is -0.122. The molecule has 1 fully saturated rings. The number of aromatic hydroxyl groups is 1. The van der Waals surface area contributed by atoms with Crippen molar-refractivity contribution in [1.29, 1.82) is 0 Å². The molecule has 4 rings (SSSR count). The first-order valence-corrected chi connectivity index (χ1v) is 9.71. The zero-order chi connectivity index (χ0) is 21.4. The Morgan fingerprint density at radius 3 is 2.50 bits per heavy atom. The maximum atomic E-state index is 13.3. The van der Waals surface area contributed by atoms with E-state index in [0.717, 1.165) is 16.8 Å². The van der Waals surface area contributed by atoms with E-state index in [0.29, 0.717) is 11.4 Å². The minimum absolute atomic E-state index is 0.0109. The van der Waals surface area contributed by atoms with Gasteiger partial charge < -0.3 is 9.67 Å². The molecule has 0 radical (unpaired) electrons. The van der Waals surface area contributed by atoms with E-state index >= 15 is 0 Å². The van der Waals surface area contributed by atoms with Gasteiger partial charge in [0.1, 0.15) is 11.3 Å². The molecule has 2 heterocycles. The van der Waals surface area contributed by atoms with E-state index in [1.807, 2.05) is 48.9 Å². The molecule has 150 valence electrons. The van der Waals surface area contributed by atoms with Crippen molar-refractivity contribution in [3.63, 3.8) is 0 Å². The molecule has 0 unspecified atom stereocenters. The van der Waals surface area contributed by atoms with Crippen molar-refractivity contribution in [3.8, 4) is 11.4 Å². The van der Waals surface area contributed by atoms with Gasteiger partial charge in [-0.2, -0.15) is 0 Å². The molecule has 0 spiro atoms. The number of phenolic OH excluding ortho intramolecular Hbond substituents is 1. The van der Waals surface area contributed by atoms with Crippen LogP contribution < -0.4 is 10.2 Å². The number of aromatic nitrogens is 1. The molecular formula is C23H19N3O3S. The fraction of sp³-hybridized carbons (Fsp3) is 0.0870. The van der Waals surface area contributed by atoms with Crippen molar-refractivity contribution in [3.05, 3.63) is 83.2 Å². The maximum Gasteiger partial charge on any atom is 0.270 e. The molecule has 1 aromatic heterocycles. The molecule has 3 aromatic rings. The third-order valence-electron chi connectivity index (χ3n) is 4.91. The van der Waals surface area contributed by atoms with E-state index in [1.54, 1.807) is 36.4 Å². The standard InChI is InChI=1S/C23H19N3O3S/c1-14-5-6-15(2)20(12-14)26-22(29)19(21(28)24-23(26)30)13-17-4-3-11-25(17)16-7-9-18(27)10-8-16/h3-13,27H,1-2H3,(H,24,28,30)/b19-13+. The molecule has 0 aliphatic carbocycles. The number of aryl methyl sites for hydroxylation is 2. The van der Waals surface area contributed by atoms with Crippen LogP contribution in [-0.2, 0) is 9.59 Å². The van der Waals surface area contributed by atoms with Crippen LogP contribution in [0.3, 0.4) is 0 Å². The van der Waals surface area contributed by atoms with E-state index in [4.69, 9.17) is 12.2 Å². The summed E-state index contributed by atoms with van der Waals surface area (Å²) >= 11 is 5.30. The Hall–Kier alpha value is -3.71. The van der Waals surface area contributed by atoms with Crippen molar-refractivity contribution in [1.82, 2.24) is 9.88 Å². The molecule has 7 heteroatoms. The number of nitrogens with zero attached hydrogens (tertiary/aromatic N) is 2.